The van der Waals surface area contributed by atoms with Crippen molar-refractivity contribution >= 4 is 21.8 Å². The van der Waals surface area contributed by atoms with Crippen LogP contribution >= 0.6 is 15.9 Å². The van der Waals surface area contributed by atoms with E-state index in [1.807, 2.05) is 11.0 Å². The number of nitrogens with one attached hydrogen (secondary N) is 1. The number of carbonyl (C=O) groups is 1. The summed E-state index contributed by atoms with van der Waals surface area (Å²) in [4.78, 5) is 18.6. The number of aromatic nitrogens is 3. The second-order valence-corrected chi connectivity index (χ2v) is 5.70. The first-order valence-electron chi connectivity index (χ1n) is 6.65. The fraction of sp³-hybridized carbons (Fsp3) is 0.357. The molecule has 1 unspecified atom stereocenters. The molecule has 104 valence electrons. The monoisotopic (exact) mass is 334 g/mol. The molecule has 1 amide bonds. The van der Waals surface area contributed by atoms with Crippen LogP contribution in [-0.2, 0) is 0 Å². The van der Waals surface area contributed by atoms with Gasteiger partial charge in [0.2, 0.25) is 0 Å². The predicted molar refractivity (Wildman–Crippen MR) is 78.4 cm³/mol. The highest BCUT2D eigenvalue weighted by atomic mass is 79.9. The maximum atomic E-state index is 12.6. The van der Waals surface area contributed by atoms with Crippen molar-refractivity contribution in [2.45, 2.75) is 18.8 Å². The quantitative estimate of drug-likeness (QED) is 0.858. The zero-order valence-electron chi connectivity index (χ0n) is 10.9. The zero-order valence-corrected chi connectivity index (χ0v) is 12.5. The SMILES string of the molecule is O=C(c1cccnc1Br)N1CCCC(c2ccn[nH]2)C1. The van der Waals surface area contributed by atoms with E-state index in [9.17, 15) is 4.79 Å². The normalized spacial score (nSPS) is 19.1. The second-order valence-electron chi connectivity index (χ2n) is 4.94. The lowest BCUT2D eigenvalue weighted by Crippen LogP contribution is -2.39. The molecule has 1 N–H and O–H groups in total. The summed E-state index contributed by atoms with van der Waals surface area (Å²) in [5.74, 6) is 0.375. The Hall–Kier alpha value is -1.69. The van der Waals surface area contributed by atoms with Crippen LogP contribution in [0.3, 0.4) is 0 Å². The highest BCUT2D eigenvalue weighted by Gasteiger charge is 2.27. The number of amides is 1. The molecule has 0 radical (unpaired) electrons. The number of hydrogen-bond donors (Lipinski definition) is 1. The van der Waals surface area contributed by atoms with Crippen LogP contribution in [-0.4, -0.2) is 39.1 Å². The lowest BCUT2D eigenvalue weighted by Gasteiger charge is -2.32. The molecule has 20 heavy (non-hydrogen) atoms. The number of hydrogen-bond acceptors (Lipinski definition) is 3. The van der Waals surface area contributed by atoms with E-state index < -0.39 is 0 Å². The van der Waals surface area contributed by atoms with Crippen LogP contribution in [0.5, 0.6) is 0 Å². The summed E-state index contributed by atoms with van der Waals surface area (Å²) in [6.07, 6.45) is 5.52. The van der Waals surface area contributed by atoms with Gasteiger partial charge in [0.1, 0.15) is 4.60 Å². The van der Waals surface area contributed by atoms with Crippen LogP contribution in [0.2, 0.25) is 0 Å². The van der Waals surface area contributed by atoms with Gasteiger partial charge < -0.3 is 4.90 Å². The average molecular weight is 335 g/mol. The maximum Gasteiger partial charge on any atom is 0.256 e. The molecule has 3 heterocycles. The first kappa shape index (κ1) is 13.3. The van der Waals surface area contributed by atoms with Crippen molar-refractivity contribution in [1.29, 1.82) is 0 Å². The van der Waals surface area contributed by atoms with Gasteiger partial charge in [0.15, 0.2) is 0 Å². The van der Waals surface area contributed by atoms with Crippen molar-refractivity contribution in [2.24, 2.45) is 0 Å². The molecule has 5 nitrogen and oxygen atoms in total. The van der Waals surface area contributed by atoms with Gasteiger partial charge in [0.25, 0.3) is 5.91 Å². The van der Waals surface area contributed by atoms with Gasteiger partial charge in [0, 0.05) is 37.1 Å². The number of pyridine rings is 1. The van der Waals surface area contributed by atoms with Crippen LogP contribution in [0, 0.1) is 0 Å². The van der Waals surface area contributed by atoms with E-state index in [4.69, 9.17) is 0 Å². The third-order valence-corrected chi connectivity index (χ3v) is 4.29. The molecule has 0 aliphatic carbocycles. The maximum absolute atomic E-state index is 12.6. The lowest BCUT2D eigenvalue weighted by atomic mass is 9.94. The predicted octanol–water partition coefficient (Wildman–Crippen LogP) is 2.59. The van der Waals surface area contributed by atoms with Crippen LogP contribution in [0.15, 0.2) is 35.2 Å². The largest absolute Gasteiger partial charge is 0.338 e. The average Bonchev–Trinajstić information content (AvgIpc) is 3.01. The molecule has 1 fully saturated rings. The van der Waals surface area contributed by atoms with E-state index in [0.29, 0.717) is 16.1 Å². The van der Waals surface area contributed by atoms with Gasteiger partial charge in [-0.1, -0.05) is 0 Å². The third kappa shape index (κ3) is 2.60. The molecule has 1 atom stereocenters. The number of carbonyl (C=O) groups excluding carboxylic acids is 1. The molecule has 0 aromatic carbocycles. The number of likely N-dealkylation sites (tertiary alicyclic amines) is 1. The number of piperidine rings is 1. The van der Waals surface area contributed by atoms with Crippen LogP contribution < -0.4 is 0 Å². The van der Waals surface area contributed by atoms with Crippen molar-refractivity contribution < 1.29 is 4.79 Å². The van der Waals surface area contributed by atoms with E-state index in [-0.39, 0.29) is 5.91 Å². The van der Waals surface area contributed by atoms with E-state index in [0.717, 1.165) is 31.6 Å². The topological polar surface area (TPSA) is 61.9 Å². The Bertz CT molecular complexity index is 599. The standard InChI is InChI=1S/C14H15BrN4O/c15-13-11(4-1-6-16-13)14(20)19-8-2-3-10(9-19)12-5-7-17-18-12/h1,4-7,10H,2-3,8-9H2,(H,17,18). The van der Waals surface area contributed by atoms with Gasteiger partial charge in [-0.05, 0) is 47.0 Å². The van der Waals surface area contributed by atoms with Gasteiger partial charge in [-0.25, -0.2) is 4.98 Å². The van der Waals surface area contributed by atoms with Crippen LogP contribution in [0.25, 0.3) is 0 Å². The molecule has 0 saturated carbocycles. The summed E-state index contributed by atoms with van der Waals surface area (Å²) in [6.45, 7) is 1.52. The fourth-order valence-corrected chi connectivity index (χ4v) is 3.05. The van der Waals surface area contributed by atoms with Gasteiger partial charge in [0.05, 0.1) is 5.56 Å². The Morgan fingerprint density at radius 1 is 1.40 bits per heavy atom. The van der Waals surface area contributed by atoms with E-state index in [2.05, 4.69) is 31.1 Å². The molecule has 3 rings (SSSR count). The highest BCUT2D eigenvalue weighted by molar-refractivity contribution is 9.10. The fourth-order valence-electron chi connectivity index (χ4n) is 2.63. The van der Waals surface area contributed by atoms with Crippen molar-refractivity contribution in [2.75, 3.05) is 13.1 Å². The molecule has 0 bridgehead atoms. The lowest BCUT2D eigenvalue weighted by molar-refractivity contribution is 0.0704. The first-order chi connectivity index (χ1) is 9.75. The number of aromatic amines is 1. The molecular formula is C14H15BrN4O. The van der Waals surface area contributed by atoms with Crippen LogP contribution in [0.4, 0.5) is 0 Å². The van der Waals surface area contributed by atoms with Crippen molar-refractivity contribution in [1.82, 2.24) is 20.1 Å². The minimum Gasteiger partial charge on any atom is -0.338 e. The van der Waals surface area contributed by atoms with Gasteiger partial charge in [-0.3, -0.25) is 9.89 Å². The molecule has 6 heteroatoms. The van der Waals surface area contributed by atoms with E-state index in [1.165, 1.54) is 0 Å². The molecule has 2 aromatic rings. The summed E-state index contributed by atoms with van der Waals surface area (Å²) in [7, 11) is 0. The Morgan fingerprint density at radius 2 is 2.30 bits per heavy atom. The minimum atomic E-state index is 0.0363. The first-order valence-corrected chi connectivity index (χ1v) is 7.44. The summed E-state index contributed by atoms with van der Waals surface area (Å²) in [6, 6.07) is 5.58. The second kappa shape index (κ2) is 5.75. The third-order valence-electron chi connectivity index (χ3n) is 3.66. The number of H-pyrrole nitrogens is 1. The molecular weight excluding hydrogens is 320 g/mol. The number of nitrogens with zero attached hydrogens (tertiary/aromatic N) is 3. The summed E-state index contributed by atoms with van der Waals surface area (Å²) in [5, 5.41) is 7.00. The summed E-state index contributed by atoms with van der Waals surface area (Å²) in [5.41, 5.74) is 1.73. The molecule has 1 saturated heterocycles. The Kier molecular flexibility index (Phi) is 3.82. The molecule has 2 aromatic heterocycles. The van der Waals surface area contributed by atoms with Gasteiger partial charge in [-0.2, -0.15) is 5.10 Å². The Labute approximate surface area is 125 Å². The van der Waals surface area contributed by atoms with Crippen molar-refractivity contribution in [3.05, 3.63) is 46.5 Å². The molecule has 1 aliphatic heterocycles. The van der Waals surface area contributed by atoms with Crippen LogP contribution in [0.1, 0.15) is 34.8 Å². The zero-order chi connectivity index (χ0) is 13.9. The molecule has 1 aliphatic rings. The Morgan fingerprint density at radius 3 is 3.05 bits per heavy atom. The van der Waals surface area contributed by atoms with Crippen molar-refractivity contribution in [3.8, 4) is 0 Å². The van der Waals surface area contributed by atoms with Gasteiger partial charge >= 0.3 is 0 Å². The number of rotatable bonds is 2. The van der Waals surface area contributed by atoms with E-state index in [1.54, 1.807) is 24.5 Å². The molecule has 0 spiro atoms. The minimum absolute atomic E-state index is 0.0363. The van der Waals surface area contributed by atoms with E-state index >= 15 is 0 Å². The summed E-state index contributed by atoms with van der Waals surface area (Å²) >= 11 is 3.34. The smallest absolute Gasteiger partial charge is 0.256 e. The van der Waals surface area contributed by atoms with Gasteiger partial charge in [-0.15, -0.1) is 0 Å². The highest BCUT2D eigenvalue weighted by Crippen LogP contribution is 2.27. The Balaban J connectivity index is 1.77. The number of halogens is 1. The van der Waals surface area contributed by atoms with Crippen molar-refractivity contribution in [3.63, 3.8) is 0 Å². The summed E-state index contributed by atoms with van der Waals surface area (Å²) < 4.78 is 0.605.